The third-order valence-electron chi connectivity index (χ3n) is 1.55. The number of oxime groups is 1. The summed E-state index contributed by atoms with van der Waals surface area (Å²) >= 11 is 0. The fourth-order valence-corrected chi connectivity index (χ4v) is 0.874. The van der Waals surface area contributed by atoms with Crippen LogP contribution in [-0.2, 0) is 9.63 Å². The normalized spacial score (nSPS) is 7.94. The van der Waals surface area contributed by atoms with E-state index in [4.69, 9.17) is 4.84 Å². The van der Waals surface area contributed by atoms with Crippen molar-refractivity contribution < 1.29 is 9.63 Å². The Morgan fingerprint density at radius 3 is 2.11 bits per heavy atom. The van der Waals surface area contributed by atoms with Crippen LogP contribution in [0.4, 0.5) is 0 Å². The molecule has 0 aromatic heterocycles. The third-order valence-corrected chi connectivity index (χ3v) is 1.55. The first-order valence-electron chi connectivity index (χ1n) is 7.06. The van der Waals surface area contributed by atoms with E-state index >= 15 is 0 Å². The quantitative estimate of drug-likeness (QED) is 0.430. The van der Waals surface area contributed by atoms with Crippen LogP contribution >= 0.6 is 0 Å². The molecule has 0 fully saturated rings. The minimum atomic E-state index is -0.105. The molecule has 18 heavy (non-hydrogen) atoms. The second-order valence-electron chi connectivity index (χ2n) is 3.37. The number of hydrogen-bond donors (Lipinski definition) is 1. The van der Waals surface area contributed by atoms with Crippen molar-refractivity contribution in [3.8, 4) is 0 Å². The first kappa shape index (κ1) is 22.1. The van der Waals surface area contributed by atoms with Crippen LogP contribution < -0.4 is 5.32 Å². The minimum absolute atomic E-state index is 0.0112. The summed E-state index contributed by atoms with van der Waals surface area (Å²) in [7, 11) is 0. The van der Waals surface area contributed by atoms with Crippen LogP contribution in [0.2, 0.25) is 0 Å². The molecule has 0 rings (SSSR count). The van der Waals surface area contributed by atoms with Gasteiger partial charge in [-0.05, 0) is 20.3 Å². The topological polar surface area (TPSA) is 50.7 Å². The van der Waals surface area contributed by atoms with Crippen LogP contribution in [0.25, 0.3) is 0 Å². The highest BCUT2D eigenvalue weighted by Gasteiger charge is 1.99. The Hall–Kier alpha value is -1.06. The molecular weight excluding hydrogens is 228 g/mol. The van der Waals surface area contributed by atoms with Crippen LogP contribution in [0, 0.1) is 0 Å². The van der Waals surface area contributed by atoms with E-state index in [1.54, 1.807) is 0 Å². The molecular formula is C14H32N2O2. The van der Waals surface area contributed by atoms with Gasteiger partial charge >= 0.3 is 0 Å². The first-order valence-corrected chi connectivity index (χ1v) is 7.06. The zero-order chi connectivity index (χ0) is 14.8. The monoisotopic (exact) mass is 260 g/mol. The smallest absolute Gasteiger partial charge is 0.260 e. The number of hydrogen-bond acceptors (Lipinski definition) is 3. The number of nitrogens with zero attached hydrogens (tertiary/aromatic N) is 1. The predicted octanol–water partition coefficient (Wildman–Crippen LogP) is 3.76. The largest absolute Gasteiger partial charge is 0.386 e. The second kappa shape index (κ2) is 21.2. The lowest BCUT2D eigenvalue weighted by atomic mass is 10.2. The Balaban J connectivity index is -0.000000506. The minimum Gasteiger partial charge on any atom is -0.386 e. The summed E-state index contributed by atoms with van der Waals surface area (Å²) in [5, 5.41) is 6.42. The van der Waals surface area contributed by atoms with Crippen molar-refractivity contribution in [1.82, 2.24) is 5.32 Å². The van der Waals surface area contributed by atoms with Gasteiger partial charge in [-0.1, -0.05) is 52.6 Å². The molecule has 110 valence electrons. The average Bonchev–Trinajstić information content (AvgIpc) is 2.39. The van der Waals surface area contributed by atoms with Crippen molar-refractivity contribution in [3.05, 3.63) is 0 Å². The number of rotatable bonds is 7. The van der Waals surface area contributed by atoms with Gasteiger partial charge in [0.25, 0.3) is 5.91 Å². The number of carbonyl (C=O) groups is 1. The fourth-order valence-electron chi connectivity index (χ4n) is 0.874. The Morgan fingerprint density at radius 1 is 1.11 bits per heavy atom. The Morgan fingerprint density at radius 2 is 1.67 bits per heavy atom. The van der Waals surface area contributed by atoms with Gasteiger partial charge in [-0.25, -0.2) is 0 Å². The van der Waals surface area contributed by atoms with E-state index in [9.17, 15) is 4.79 Å². The number of nitrogens with one attached hydrogen (secondary N) is 1. The van der Waals surface area contributed by atoms with E-state index in [1.165, 1.54) is 0 Å². The number of amides is 1. The molecule has 0 bridgehead atoms. The van der Waals surface area contributed by atoms with Gasteiger partial charge in [0.2, 0.25) is 0 Å². The Kier molecular flexibility index (Phi) is 26.1. The van der Waals surface area contributed by atoms with Gasteiger partial charge in [-0.15, -0.1) is 0 Å². The molecule has 0 saturated carbocycles. The molecule has 0 unspecified atom stereocenters. The zero-order valence-corrected chi connectivity index (χ0v) is 13.3. The number of carbonyl (C=O) groups excluding carboxylic acids is 1. The van der Waals surface area contributed by atoms with Crippen molar-refractivity contribution in [2.75, 3.05) is 13.2 Å². The van der Waals surface area contributed by atoms with Gasteiger partial charge in [-0.3, -0.25) is 4.79 Å². The summed E-state index contributed by atoms with van der Waals surface area (Å²) in [6, 6.07) is 0. The van der Waals surface area contributed by atoms with Crippen LogP contribution in [0.5, 0.6) is 0 Å². The lowest BCUT2D eigenvalue weighted by Gasteiger charge is -2.03. The maximum absolute atomic E-state index is 11.1. The molecule has 4 nitrogen and oxygen atoms in total. The van der Waals surface area contributed by atoms with Gasteiger partial charge in [0.1, 0.15) is 0 Å². The molecule has 0 saturated heterocycles. The summed E-state index contributed by atoms with van der Waals surface area (Å²) in [4.78, 5) is 15.9. The van der Waals surface area contributed by atoms with Crippen molar-refractivity contribution in [2.24, 2.45) is 5.16 Å². The van der Waals surface area contributed by atoms with Crippen LogP contribution in [0.15, 0.2) is 5.16 Å². The van der Waals surface area contributed by atoms with Crippen LogP contribution in [-0.4, -0.2) is 24.8 Å². The lowest BCUT2D eigenvalue weighted by Crippen LogP contribution is -2.27. The van der Waals surface area contributed by atoms with Gasteiger partial charge in [0.05, 0.1) is 5.71 Å². The zero-order valence-electron chi connectivity index (χ0n) is 13.3. The summed E-state index contributed by atoms with van der Waals surface area (Å²) in [6.07, 6.45) is 3.33. The molecule has 0 radical (unpaired) electrons. The van der Waals surface area contributed by atoms with Gasteiger partial charge in [0.15, 0.2) is 6.61 Å². The molecule has 0 aromatic carbocycles. The molecule has 0 aliphatic carbocycles. The molecule has 0 aromatic rings. The Bertz CT molecular complexity index is 188. The highest BCUT2D eigenvalue weighted by Crippen LogP contribution is 1.91. The standard InChI is InChI=1S/C10H20N2O2.2C2H6/c1-4-5-6-7-11-10(13)8-14-12-9(2)3;2*1-2/h4-8H2,1-3H3,(H,11,13);2*1-2H3. The maximum atomic E-state index is 11.1. The Labute approximate surface area is 113 Å². The van der Waals surface area contributed by atoms with E-state index in [0.29, 0.717) is 0 Å². The SMILES string of the molecule is CC.CC.CCCCCNC(=O)CON=C(C)C. The van der Waals surface area contributed by atoms with Gasteiger partial charge < -0.3 is 10.2 Å². The van der Waals surface area contributed by atoms with E-state index in [2.05, 4.69) is 17.4 Å². The third kappa shape index (κ3) is 24.3. The van der Waals surface area contributed by atoms with Crippen LogP contribution in [0.3, 0.4) is 0 Å². The number of unbranched alkanes of at least 4 members (excludes halogenated alkanes) is 2. The molecule has 0 aliphatic heterocycles. The summed E-state index contributed by atoms with van der Waals surface area (Å²) in [5.41, 5.74) is 0.809. The second-order valence-corrected chi connectivity index (χ2v) is 3.37. The molecule has 4 heteroatoms. The highest BCUT2D eigenvalue weighted by atomic mass is 16.6. The average molecular weight is 260 g/mol. The highest BCUT2D eigenvalue weighted by molar-refractivity contribution is 5.79. The van der Waals surface area contributed by atoms with Gasteiger partial charge in [-0.2, -0.15) is 0 Å². The van der Waals surface area contributed by atoms with Crippen molar-refractivity contribution in [1.29, 1.82) is 0 Å². The predicted molar refractivity (Wildman–Crippen MR) is 80.0 cm³/mol. The first-order chi connectivity index (χ1) is 8.66. The van der Waals surface area contributed by atoms with E-state index in [-0.39, 0.29) is 12.5 Å². The van der Waals surface area contributed by atoms with Crippen LogP contribution in [0.1, 0.15) is 67.7 Å². The maximum Gasteiger partial charge on any atom is 0.260 e. The summed E-state index contributed by atoms with van der Waals surface area (Å²) in [6.45, 7) is 14.5. The molecule has 0 aliphatic rings. The molecule has 1 N–H and O–H groups in total. The lowest BCUT2D eigenvalue weighted by molar-refractivity contribution is -0.125. The van der Waals surface area contributed by atoms with Crippen molar-refractivity contribution in [2.45, 2.75) is 67.7 Å². The molecule has 0 spiro atoms. The van der Waals surface area contributed by atoms with Crippen molar-refractivity contribution >= 4 is 11.6 Å². The summed E-state index contributed by atoms with van der Waals surface area (Å²) in [5.74, 6) is -0.105. The van der Waals surface area contributed by atoms with Crippen molar-refractivity contribution in [3.63, 3.8) is 0 Å². The van der Waals surface area contributed by atoms with E-state index in [0.717, 1.165) is 31.5 Å². The van der Waals surface area contributed by atoms with E-state index in [1.807, 2.05) is 41.5 Å². The molecule has 0 heterocycles. The van der Waals surface area contributed by atoms with E-state index < -0.39 is 0 Å². The summed E-state index contributed by atoms with van der Waals surface area (Å²) < 4.78 is 0. The van der Waals surface area contributed by atoms with Gasteiger partial charge in [0, 0.05) is 6.54 Å². The molecule has 0 atom stereocenters. The fraction of sp³-hybridized carbons (Fsp3) is 0.857. The molecule has 1 amide bonds.